The minimum absolute atomic E-state index is 0.175. The number of nitrogens with zero attached hydrogens (tertiary/aromatic N) is 2. The van der Waals surface area contributed by atoms with E-state index in [1.807, 2.05) is 20.8 Å². The van der Waals surface area contributed by atoms with E-state index in [0.717, 1.165) is 26.2 Å². The molecule has 1 rings (SSSR count). The van der Waals surface area contributed by atoms with Crippen molar-refractivity contribution in [2.24, 2.45) is 0 Å². The minimum Gasteiger partial charge on any atom is -0.450 e. The zero-order valence-corrected chi connectivity index (χ0v) is 9.75. The van der Waals surface area contributed by atoms with Crippen LogP contribution in [0.4, 0.5) is 4.79 Å². The molecule has 0 aromatic carbocycles. The van der Waals surface area contributed by atoms with E-state index in [1.54, 1.807) is 4.90 Å². The Morgan fingerprint density at radius 3 is 2.14 bits per heavy atom. The fourth-order valence-electron chi connectivity index (χ4n) is 1.20. The van der Waals surface area contributed by atoms with E-state index < -0.39 is 0 Å². The molecule has 1 fully saturated rings. The zero-order chi connectivity index (χ0) is 11.0. The Labute approximate surface area is 86.8 Å². The molecular formula is C10H22N2O2. The summed E-state index contributed by atoms with van der Waals surface area (Å²) in [6.07, 6.45) is -0.175. The molecular weight excluding hydrogens is 180 g/mol. The Kier molecular flexibility index (Phi) is 7.20. The van der Waals surface area contributed by atoms with Crippen LogP contribution < -0.4 is 0 Å². The highest BCUT2D eigenvalue weighted by Gasteiger charge is 2.19. The second kappa shape index (κ2) is 7.62. The molecule has 0 N–H and O–H groups in total. The highest BCUT2D eigenvalue weighted by molar-refractivity contribution is 5.67. The van der Waals surface area contributed by atoms with Gasteiger partial charge in [0.1, 0.15) is 0 Å². The Bertz CT molecular complexity index is 154. The van der Waals surface area contributed by atoms with Gasteiger partial charge in [-0.15, -0.1) is 0 Å². The molecule has 0 aromatic rings. The standard InChI is InChI=1S/C8H16N2O2.C2H6/c1-3-12-8(11)10-6-4-9(2)5-7-10;1-2/h3-7H2,1-2H3;1-2H3. The van der Waals surface area contributed by atoms with Gasteiger partial charge in [0.15, 0.2) is 0 Å². The molecule has 0 aromatic heterocycles. The van der Waals surface area contributed by atoms with Crippen molar-refractivity contribution in [3.8, 4) is 0 Å². The summed E-state index contributed by atoms with van der Waals surface area (Å²) >= 11 is 0. The van der Waals surface area contributed by atoms with Gasteiger partial charge < -0.3 is 14.5 Å². The van der Waals surface area contributed by atoms with Crippen LogP contribution in [0, 0.1) is 0 Å². The average molecular weight is 202 g/mol. The number of hydrogen-bond acceptors (Lipinski definition) is 3. The summed E-state index contributed by atoms with van der Waals surface area (Å²) in [5.74, 6) is 0. The Morgan fingerprint density at radius 2 is 1.71 bits per heavy atom. The van der Waals surface area contributed by atoms with Crippen molar-refractivity contribution in [2.45, 2.75) is 20.8 Å². The van der Waals surface area contributed by atoms with E-state index >= 15 is 0 Å². The molecule has 1 aliphatic heterocycles. The maximum Gasteiger partial charge on any atom is 0.409 e. The number of likely N-dealkylation sites (N-methyl/N-ethyl adjacent to an activating group) is 1. The molecule has 1 heterocycles. The van der Waals surface area contributed by atoms with Crippen LogP contribution in [0.5, 0.6) is 0 Å². The number of rotatable bonds is 1. The zero-order valence-electron chi connectivity index (χ0n) is 9.75. The maximum absolute atomic E-state index is 11.2. The number of piperazine rings is 1. The molecule has 4 heteroatoms. The summed E-state index contributed by atoms with van der Waals surface area (Å²) in [7, 11) is 2.06. The number of amides is 1. The summed E-state index contributed by atoms with van der Waals surface area (Å²) in [5.41, 5.74) is 0. The van der Waals surface area contributed by atoms with Crippen molar-refractivity contribution in [1.82, 2.24) is 9.80 Å². The van der Waals surface area contributed by atoms with E-state index in [9.17, 15) is 4.79 Å². The third kappa shape index (κ3) is 4.46. The Hall–Kier alpha value is -0.770. The normalized spacial score (nSPS) is 17.0. The molecule has 1 amide bonds. The lowest BCUT2D eigenvalue weighted by Gasteiger charge is -2.31. The third-order valence-electron chi connectivity index (χ3n) is 2.03. The second-order valence-electron chi connectivity index (χ2n) is 2.99. The van der Waals surface area contributed by atoms with Crippen molar-refractivity contribution in [3.05, 3.63) is 0 Å². The smallest absolute Gasteiger partial charge is 0.409 e. The topological polar surface area (TPSA) is 32.8 Å². The van der Waals surface area contributed by atoms with E-state index in [0.29, 0.717) is 6.61 Å². The molecule has 0 spiro atoms. The third-order valence-corrected chi connectivity index (χ3v) is 2.03. The first kappa shape index (κ1) is 13.2. The molecule has 0 atom stereocenters. The van der Waals surface area contributed by atoms with Gasteiger partial charge in [-0.25, -0.2) is 4.79 Å². The van der Waals surface area contributed by atoms with Gasteiger partial charge in [-0.2, -0.15) is 0 Å². The summed E-state index contributed by atoms with van der Waals surface area (Å²) in [5, 5.41) is 0. The van der Waals surface area contributed by atoms with Crippen LogP contribution in [-0.2, 0) is 4.74 Å². The van der Waals surface area contributed by atoms with Crippen molar-refractivity contribution >= 4 is 6.09 Å². The molecule has 84 valence electrons. The molecule has 4 nitrogen and oxygen atoms in total. The summed E-state index contributed by atoms with van der Waals surface area (Å²) in [6.45, 7) is 9.75. The molecule has 0 unspecified atom stereocenters. The molecule has 0 radical (unpaired) electrons. The maximum atomic E-state index is 11.2. The van der Waals surface area contributed by atoms with Crippen molar-refractivity contribution < 1.29 is 9.53 Å². The van der Waals surface area contributed by atoms with Crippen LogP contribution >= 0.6 is 0 Å². The van der Waals surface area contributed by atoms with Gasteiger partial charge in [-0.05, 0) is 14.0 Å². The van der Waals surface area contributed by atoms with Crippen LogP contribution in [0.25, 0.3) is 0 Å². The quantitative estimate of drug-likeness (QED) is 0.644. The number of carbonyl (C=O) groups is 1. The van der Waals surface area contributed by atoms with Gasteiger partial charge in [0.05, 0.1) is 6.61 Å². The fraction of sp³-hybridized carbons (Fsp3) is 0.900. The minimum atomic E-state index is -0.175. The number of carbonyl (C=O) groups excluding carboxylic acids is 1. The predicted molar refractivity (Wildman–Crippen MR) is 57.4 cm³/mol. The first-order valence-corrected chi connectivity index (χ1v) is 5.34. The van der Waals surface area contributed by atoms with Crippen molar-refractivity contribution in [3.63, 3.8) is 0 Å². The van der Waals surface area contributed by atoms with Crippen LogP contribution in [0.15, 0.2) is 0 Å². The Balaban J connectivity index is 0.000000791. The lowest BCUT2D eigenvalue weighted by molar-refractivity contribution is 0.0856. The monoisotopic (exact) mass is 202 g/mol. The van der Waals surface area contributed by atoms with Crippen LogP contribution in [0.3, 0.4) is 0 Å². The summed E-state index contributed by atoms with van der Waals surface area (Å²) in [6, 6.07) is 0. The molecule has 14 heavy (non-hydrogen) atoms. The molecule has 1 aliphatic rings. The summed E-state index contributed by atoms with van der Waals surface area (Å²) < 4.78 is 4.89. The Morgan fingerprint density at radius 1 is 1.21 bits per heavy atom. The highest BCUT2D eigenvalue weighted by atomic mass is 16.6. The number of ether oxygens (including phenoxy) is 1. The number of hydrogen-bond donors (Lipinski definition) is 0. The van der Waals surface area contributed by atoms with Gasteiger partial charge in [-0.3, -0.25) is 0 Å². The van der Waals surface area contributed by atoms with E-state index in [-0.39, 0.29) is 6.09 Å². The van der Waals surface area contributed by atoms with Gasteiger partial charge >= 0.3 is 6.09 Å². The molecule has 1 saturated heterocycles. The van der Waals surface area contributed by atoms with Crippen LogP contribution in [0.1, 0.15) is 20.8 Å². The predicted octanol–water partition coefficient (Wildman–Crippen LogP) is 1.42. The van der Waals surface area contributed by atoms with Crippen LogP contribution in [0.2, 0.25) is 0 Å². The first-order chi connectivity index (χ1) is 6.74. The van der Waals surface area contributed by atoms with E-state index in [2.05, 4.69) is 11.9 Å². The highest BCUT2D eigenvalue weighted by Crippen LogP contribution is 2.00. The lowest BCUT2D eigenvalue weighted by atomic mass is 10.3. The second-order valence-corrected chi connectivity index (χ2v) is 2.99. The molecule has 0 aliphatic carbocycles. The average Bonchev–Trinajstić information content (AvgIpc) is 2.22. The summed E-state index contributed by atoms with van der Waals surface area (Å²) in [4.78, 5) is 15.1. The fourth-order valence-corrected chi connectivity index (χ4v) is 1.20. The first-order valence-electron chi connectivity index (χ1n) is 5.34. The molecule has 0 bridgehead atoms. The van der Waals surface area contributed by atoms with Crippen LogP contribution in [-0.4, -0.2) is 55.7 Å². The van der Waals surface area contributed by atoms with Crippen molar-refractivity contribution in [2.75, 3.05) is 39.8 Å². The van der Waals surface area contributed by atoms with Gasteiger partial charge in [0.2, 0.25) is 0 Å². The van der Waals surface area contributed by atoms with Gasteiger partial charge in [0, 0.05) is 26.2 Å². The van der Waals surface area contributed by atoms with Gasteiger partial charge in [0.25, 0.3) is 0 Å². The van der Waals surface area contributed by atoms with Gasteiger partial charge in [-0.1, -0.05) is 13.8 Å². The largest absolute Gasteiger partial charge is 0.450 e. The molecule has 0 saturated carbocycles. The van der Waals surface area contributed by atoms with E-state index in [1.165, 1.54) is 0 Å². The lowest BCUT2D eigenvalue weighted by Crippen LogP contribution is -2.47. The van der Waals surface area contributed by atoms with Crippen molar-refractivity contribution in [1.29, 1.82) is 0 Å². The van der Waals surface area contributed by atoms with E-state index in [4.69, 9.17) is 4.74 Å². The SMILES string of the molecule is CC.CCOC(=O)N1CCN(C)CC1.